The van der Waals surface area contributed by atoms with Crippen LogP contribution >= 0.6 is 27.5 Å². The monoisotopic (exact) mass is 311 g/mol. The van der Waals surface area contributed by atoms with E-state index in [1.807, 2.05) is 32.0 Å². The molecule has 1 aromatic carbocycles. The van der Waals surface area contributed by atoms with Crippen molar-refractivity contribution in [2.45, 2.75) is 20.8 Å². The van der Waals surface area contributed by atoms with Gasteiger partial charge >= 0.3 is 0 Å². The zero-order valence-electron chi connectivity index (χ0n) is 10.2. The number of benzene rings is 1. The SMILES string of the molecule is CC.Cc1ccccc1-c1cc(Cl)ncc1Br. The number of nitrogens with zero attached hydrogens (tertiary/aromatic N) is 1. The summed E-state index contributed by atoms with van der Waals surface area (Å²) < 4.78 is 0.959. The minimum Gasteiger partial charge on any atom is -0.243 e. The van der Waals surface area contributed by atoms with E-state index in [0.717, 1.165) is 10.0 Å². The molecule has 0 aliphatic heterocycles. The van der Waals surface area contributed by atoms with Crippen LogP contribution in [0.15, 0.2) is 41.0 Å². The standard InChI is InChI=1S/C12H9BrClN.C2H6/c1-8-4-2-3-5-9(8)10-6-12(14)15-7-11(10)13;1-2/h2-7H,1H3;1-2H3. The first-order chi connectivity index (χ1) is 8.18. The maximum Gasteiger partial charge on any atom is 0.129 e. The molecule has 0 atom stereocenters. The fourth-order valence-electron chi connectivity index (χ4n) is 1.49. The molecule has 1 heterocycles. The van der Waals surface area contributed by atoms with Gasteiger partial charge in [0.25, 0.3) is 0 Å². The van der Waals surface area contributed by atoms with Crippen LogP contribution in [0.4, 0.5) is 0 Å². The van der Waals surface area contributed by atoms with Crippen molar-refractivity contribution in [2.75, 3.05) is 0 Å². The summed E-state index contributed by atoms with van der Waals surface area (Å²) in [5, 5.41) is 0.511. The summed E-state index contributed by atoms with van der Waals surface area (Å²) in [6, 6.07) is 10.1. The van der Waals surface area contributed by atoms with E-state index in [0.29, 0.717) is 5.15 Å². The second kappa shape index (κ2) is 6.77. The van der Waals surface area contributed by atoms with Crippen LogP contribution in [-0.2, 0) is 0 Å². The molecule has 0 aliphatic carbocycles. The molecule has 2 aromatic rings. The molecule has 1 aromatic heterocycles. The first-order valence-corrected chi connectivity index (χ1v) is 6.72. The van der Waals surface area contributed by atoms with Crippen LogP contribution in [0.1, 0.15) is 19.4 Å². The highest BCUT2D eigenvalue weighted by atomic mass is 79.9. The average molecular weight is 313 g/mol. The van der Waals surface area contributed by atoms with E-state index in [9.17, 15) is 0 Å². The smallest absolute Gasteiger partial charge is 0.129 e. The maximum atomic E-state index is 5.89. The molecule has 0 amide bonds. The number of hydrogen-bond acceptors (Lipinski definition) is 1. The molecule has 3 heteroatoms. The Kier molecular flexibility index (Phi) is 5.66. The predicted molar refractivity (Wildman–Crippen MR) is 78.5 cm³/mol. The third-order valence-electron chi connectivity index (χ3n) is 2.26. The average Bonchev–Trinajstić information content (AvgIpc) is 2.36. The second-order valence-corrected chi connectivity index (χ2v) is 4.54. The Morgan fingerprint density at radius 2 is 1.76 bits per heavy atom. The number of halogens is 2. The number of hydrogen-bond donors (Lipinski definition) is 0. The Labute approximate surface area is 116 Å². The molecular weight excluding hydrogens is 298 g/mol. The van der Waals surface area contributed by atoms with Crippen LogP contribution < -0.4 is 0 Å². The van der Waals surface area contributed by atoms with E-state index in [-0.39, 0.29) is 0 Å². The minimum atomic E-state index is 0.511. The van der Waals surface area contributed by atoms with Crippen LogP contribution in [0.5, 0.6) is 0 Å². The van der Waals surface area contributed by atoms with E-state index in [1.54, 1.807) is 6.20 Å². The molecule has 0 saturated carbocycles. The quantitative estimate of drug-likeness (QED) is 0.634. The third-order valence-corrected chi connectivity index (χ3v) is 3.10. The van der Waals surface area contributed by atoms with E-state index in [4.69, 9.17) is 11.6 Å². The van der Waals surface area contributed by atoms with Gasteiger partial charge in [-0.05, 0) is 40.0 Å². The number of rotatable bonds is 1. The first-order valence-electron chi connectivity index (χ1n) is 5.55. The van der Waals surface area contributed by atoms with E-state index in [2.05, 4.69) is 40.0 Å². The van der Waals surface area contributed by atoms with Gasteiger partial charge in [-0.15, -0.1) is 0 Å². The van der Waals surface area contributed by atoms with Crippen LogP contribution in [0.25, 0.3) is 11.1 Å². The third kappa shape index (κ3) is 3.55. The van der Waals surface area contributed by atoms with Gasteiger partial charge in [-0.1, -0.05) is 49.7 Å². The van der Waals surface area contributed by atoms with E-state index >= 15 is 0 Å². The normalized spacial score (nSPS) is 9.47. The van der Waals surface area contributed by atoms with E-state index in [1.165, 1.54) is 11.1 Å². The first kappa shape index (κ1) is 14.2. The maximum absolute atomic E-state index is 5.89. The van der Waals surface area contributed by atoms with Gasteiger partial charge in [0, 0.05) is 16.2 Å². The van der Waals surface area contributed by atoms with Crippen LogP contribution in [0.3, 0.4) is 0 Å². The van der Waals surface area contributed by atoms with Gasteiger partial charge in [0.2, 0.25) is 0 Å². The van der Waals surface area contributed by atoms with Crippen molar-refractivity contribution in [2.24, 2.45) is 0 Å². The highest BCUT2D eigenvalue weighted by Gasteiger charge is 2.06. The van der Waals surface area contributed by atoms with Gasteiger partial charge in [-0.3, -0.25) is 0 Å². The van der Waals surface area contributed by atoms with Gasteiger partial charge in [-0.2, -0.15) is 0 Å². The van der Waals surface area contributed by atoms with Gasteiger partial charge in [0.05, 0.1) is 0 Å². The molecule has 2 rings (SSSR count). The zero-order chi connectivity index (χ0) is 12.8. The molecule has 17 heavy (non-hydrogen) atoms. The van der Waals surface area contributed by atoms with E-state index < -0.39 is 0 Å². The minimum absolute atomic E-state index is 0.511. The molecular formula is C14H15BrClN. The van der Waals surface area contributed by atoms with Crippen LogP contribution in [-0.4, -0.2) is 4.98 Å². The Hall–Kier alpha value is -0.860. The predicted octanol–water partition coefficient (Wildman–Crippen LogP) is 5.50. The van der Waals surface area contributed by atoms with Gasteiger partial charge in [0.15, 0.2) is 0 Å². The summed E-state index contributed by atoms with van der Waals surface area (Å²) in [5.74, 6) is 0. The highest BCUT2D eigenvalue weighted by molar-refractivity contribution is 9.10. The summed E-state index contributed by atoms with van der Waals surface area (Å²) in [6.07, 6.45) is 1.73. The fourth-order valence-corrected chi connectivity index (χ4v) is 2.08. The lowest BCUT2D eigenvalue weighted by Crippen LogP contribution is -1.86. The van der Waals surface area contributed by atoms with Crippen molar-refractivity contribution >= 4 is 27.5 Å². The Morgan fingerprint density at radius 1 is 1.12 bits per heavy atom. The highest BCUT2D eigenvalue weighted by Crippen LogP contribution is 2.31. The summed E-state index contributed by atoms with van der Waals surface area (Å²) >= 11 is 9.37. The van der Waals surface area contributed by atoms with Crippen LogP contribution in [0, 0.1) is 6.92 Å². The number of aromatic nitrogens is 1. The molecule has 0 bridgehead atoms. The molecule has 0 aliphatic rings. The lowest BCUT2D eigenvalue weighted by Gasteiger charge is -2.07. The summed E-state index contributed by atoms with van der Waals surface area (Å²) in [7, 11) is 0. The largest absolute Gasteiger partial charge is 0.243 e. The van der Waals surface area contributed by atoms with Crippen molar-refractivity contribution in [1.82, 2.24) is 4.98 Å². The van der Waals surface area contributed by atoms with Gasteiger partial charge in [-0.25, -0.2) is 4.98 Å². The summed E-state index contributed by atoms with van der Waals surface area (Å²) in [5.41, 5.74) is 3.47. The lowest BCUT2D eigenvalue weighted by molar-refractivity contribution is 1.30. The molecule has 90 valence electrons. The Balaban J connectivity index is 0.000000686. The molecule has 0 fully saturated rings. The molecule has 0 spiro atoms. The van der Waals surface area contributed by atoms with Crippen molar-refractivity contribution in [1.29, 1.82) is 0 Å². The fraction of sp³-hybridized carbons (Fsp3) is 0.214. The molecule has 0 N–H and O–H groups in total. The van der Waals surface area contributed by atoms with Crippen LogP contribution in [0.2, 0.25) is 5.15 Å². The van der Waals surface area contributed by atoms with Crippen molar-refractivity contribution in [3.05, 3.63) is 51.7 Å². The molecule has 0 saturated heterocycles. The molecule has 1 nitrogen and oxygen atoms in total. The molecule has 0 unspecified atom stereocenters. The zero-order valence-corrected chi connectivity index (χ0v) is 12.5. The summed E-state index contributed by atoms with van der Waals surface area (Å²) in [4.78, 5) is 4.01. The topological polar surface area (TPSA) is 12.9 Å². The second-order valence-electron chi connectivity index (χ2n) is 3.30. The van der Waals surface area contributed by atoms with Gasteiger partial charge in [0.1, 0.15) is 5.15 Å². The lowest BCUT2D eigenvalue weighted by atomic mass is 10.0. The van der Waals surface area contributed by atoms with Crippen molar-refractivity contribution in [3.8, 4) is 11.1 Å². The number of aryl methyl sites for hydroxylation is 1. The van der Waals surface area contributed by atoms with Crippen molar-refractivity contribution < 1.29 is 0 Å². The van der Waals surface area contributed by atoms with Crippen molar-refractivity contribution in [3.63, 3.8) is 0 Å². The summed E-state index contributed by atoms with van der Waals surface area (Å²) in [6.45, 7) is 6.08. The van der Waals surface area contributed by atoms with Gasteiger partial charge < -0.3 is 0 Å². The Morgan fingerprint density at radius 3 is 2.41 bits per heavy atom. The number of pyridine rings is 1. The molecule has 0 radical (unpaired) electrons. The Bertz CT molecular complexity index is 497.